The van der Waals surface area contributed by atoms with Crippen molar-refractivity contribution in [1.82, 2.24) is 0 Å². The second-order valence-electron chi connectivity index (χ2n) is 7.48. The minimum atomic E-state index is -4.61. The summed E-state index contributed by atoms with van der Waals surface area (Å²) in [4.78, 5) is 8.54. The minimum absolute atomic E-state index is 0.187. The number of rotatable bonds is 2. The average Bonchev–Trinajstić information content (AvgIpc) is 2.65. The van der Waals surface area contributed by atoms with Crippen molar-refractivity contribution in [2.75, 3.05) is 11.5 Å². The van der Waals surface area contributed by atoms with Crippen molar-refractivity contribution in [3.05, 3.63) is 57.6 Å². The van der Waals surface area contributed by atoms with Crippen LogP contribution in [0.2, 0.25) is 0 Å². The first-order valence-corrected chi connectivity index (χ1v) is 11.5. The van der Waals surface area contributed by atoms with E-state index in [2.05, 4.69) is 9.98 Å². The molecule has 1 heterocycles. The second kappa shape index (κ2) is 9.13. The van der Waals surface area contributed by atoms with E-state index in [9.17, 15) is 26.3 Å². The Morgan fingerprint density at radius 2 is 0.969 bits per heavy atom. The van der Waals surface area contributed by atoms with Crippen LogP contribution in [0.15, 0.2) is 34.3 Å². The number of halogens is 6. The number of thioether (sulfide) groups is 2. The number of benzene rings is 2. The van der Waals surface area contributed by atoms with Crippen LogP contribution in [0.4, 0.5) is 37.7 Å². The van der Waals surface area contributed by atoms with Crippen LogP contribution in [0.3, 0.4) is 0 Å². The maximum Gasteiger partial charge on any atom is 0.418 e. The fourth-order valence-electron chi connectivity index (χ4n) is 3.41. The molecule has 1 aliphatic rings. The molecular formula is C22H20F6N2S2. The summed E-state index contributed by atoms with van der Waals surface area (Å²) in [6.07, 6.45) is -9.23. The van der Waals surface area contributed by atoms with Gasteiger partial charge in [-0.05, 0) is 51.0 Å². The molecule has 0 spiro atoms. The molecule has 2 aromatic carbocycles. The van der Waals surface area contributed by atoms with Crippen molar-refractivity contribution in [1.29, 1.82) is 0 Å². The fourth-order valence-corrected chi connectivity index (χ4v) is 5.47. The van der Waals surface area contributed by atoms with Gasteiger partial charge in [-0.25, -0.2) is 9.98 Å². The molecule has 2 aromatic rings. The van der Waals surface area contributed by atoms with Gasteiger partial charge in [0.2, 0.25) is 0 Å². The van der Waals surface area contributed by atoms with Gasteiger partial charge in [0.25, 0.3) is 0 Å². The van der Waals surface area contributed by atoms with E-state index in [4.69, 9.17) is 0 Å². The first-order chi connectivity index (χ1) is 14.8. The number of hydrogen-bond acceptors (Lipinski definition) is 4. The molecular weight excluding hydrogens is 470 g/mol. The Hall–Kier alpha value is -1.94. The highest BCUT2D eigenvalue weighted by Crippen LogP contribution is 2.42. The van der Waals surface area contributed by atoms with Crippen molar-refractivity contribution in [2.45, 2.75) is 40.0 Å². The zero-order valence-corrected chi connectivity index (χ0v) is 19.3. The average molecular weight is 491 g/mol. The molecule has 2 nitrogen and oxygen atoms in total. The monoisotopic (exact) mass is 490 g/mol. The third kappa shape index (κ3) is 5.51. The van der Waals surface area contributed by atoms with E-state index < -0.39 is 23.5 Å². The summed E-state index contributed by atoms with van der Waals surface area (Å²) < 4.78 is 81.9. The highest BCUT2D eigenvalue weighted by Gasteiger charge is 2.36. The molecule has 1 fully saturated rings. The maximum atomic E-state index is 13.6. The Balaban J connectivity index is 2.20. The minimum Gasteiger partial charge on any atom is -0.238 e. The molecule has 0 aliphatic carbocycles. The van der Waals surface area contributed by atoms with E-state index in [-0.39, 0.29) is 21.5 Å². The lowest BCUT2D eigenvalue weighted by molar-refractivity contribution is -0.137. The van der Waals surface area contributed by atoms with Crippen molar-refractivity contribution >= 4 is 45.0 Å². The molecule has 172 valence electrons. The van der Waals surface area contributed by atoms with Gasteiger partial charge in [0.1, 0.15) is 10.1 Å². The zero-order valence-electron chi connectivity index (χ0n) is 17.7. The van der Waals surface area contributed by atoms with Gasteiger partial charge in [0.05, 0.1) is 22.5 Å². The second-order valence-corrected chi connectivity index (χ2v) is 9.65. The quantitative estimate of drug-likeness (QED) is 0.397. The summed E-state index contributed by atoms with van der Waals surface area (Å²) in [5, 5.41) is 0.374. The molecule has 0 saturated carbocycles. The molecule has 0 unspecified atom stereocenters. The predicted molar refractivity (Wildman–Crippen MR) is 121 cm³/mol. The Bertz CT molecular complexity index is 1010. The van der Waals surface area contributed by atoms with E-state index in [0.717, 1.165) is 12.1 Å². The molecule has 0 N–H and O–H groups in total. The lowest BCUT2D eigenvalue weighted by atomic mass is 10.0. The van der Waals surface area contributed by atoms with Gasteiger partial charge in [-0.1, -0.05) is 23.3 Å². The normalized spacial score (nSPS) is 17.9. The lowest BCUT2D eigenvalue weighted by Crippen LogP contribution is -2.16. The SMILES string of the molecule is Cc1cc(C)c(N=C2SCCSC2=Nc2c(C)cc(C)cc2C(F)(F)F)c(C(F)(F)F)c1. The summed E-state index contributed by atoms with van der Waals surface area (Å²) in [6, 6.07) is 5.24. The van der Waals surface area contributed by atoms with E-state index in [1.165, 1.54) is 37.4 Å². The summed E-state index contributed by atoms with van der Waals surface area (Å²) in [7, 11) is 0. The third-order valence-electron chi connectivity index (χ3n) is 4.67. The highest BCUT2D eigenvalue weighted by atomic mass is 32.2. The van der Waals surface area contributed by atoms with Gasteiger partial charge in [0, 0.05) is 11.5 Å². The summed E-state index contributed by atoms with van der Waals surface area (Å²) in [6.45, 7) is 6.20. The van der Waals surface area contributed by atoms with Crippen LogP contribution in [0, 0.1) is 27.7 Å². The molecule has 0 bridgehead atoms. The van der Waals surface area contributed by atoms with E-state index >= 15 is 0 Å². The van der Waals surface area contributed by atoms with Gasteiger partial charge in [0.15, 0.2) is 0 Å². The van der Waals surface area contributed by atoms with Crippen LogP contribution in [-0.2, 0) is 12.4 Å². The van der Waals surface area contributed by atoms with Crippen molar-refractivity contribution in [3.8, 4) is 0 Å². The smallest absolute Gasteiger partial charge is 0.238 e. The number of alkyl halides is 6. The van der Waals surface area contributed by atoms with E-state index in [1.807, 2.05) is 0 Å². The van der Waals surface area contributed by atoms with Crippen LogP contribution in [-0.4, -0.2) is 21.6 Å². The highest BCUT2D eigenvalue weighted by molar-refractivity contribution is 8.27. The van der Waals surface area contributed by atoms with Gasteiger partial charge in [-0.15, -0.1) is 23.5 Å². The molecule has 1 aliphatic heterocycles. The largest absolute Gasteiger partial charge is 0.418 e. The van der Waals surface area contributed by atoms with Gasteiger partial charge in [-0.2, -0.15) is 26.3 Å². The van der Waals surface area contributed by atoms with Crippen LogP contribution in [0.1, 0.15) is 33.4 Å². The van der Waals surface area contributed by atoms with Crippen LogP contribution < -0.4 is 0 Å². The zero-order chi connectivity index (χ0) is 23.8. The van der Waals surface area contributed by atoms with Crippen LogP contribution in [0.25, 0.3) is 0 Å². The maximum absolute atomic E-state index is 13.6. The van der Waals surface area contributed by atoms with Gasteiger partial charge in [-0.3, -0.25) is 0 Å². The third-order valence-corrected chi connectivity index (χ3v) is 6.99. The number of hydrogen-bond donors (Lipinski definition) is 0. The Labute approximate surface area is 190 Å². The van der Waals surface area contributed by atoms with Crippen LogP contribution in [0.5, 0.6) is 0 Å². The van der Waals surface area contributed by atoms with Crippen molar-refractivity contribution < 1.29 is 26.3 Å². The first-order valence-electron chi connectivity index (χ1n) is 9.57. The molecule has 0 amide bonds. The summed E-state index contributed by atoms with van der Waals surface area (Å²) >= 11 is 2.38. The van der Waals surface area contributed by atoms with E-state index in [1.54, 1.807) is 26.0 Å². The van der Waals surface area contributed by atoms with Gasteiger partial charge >= 0.3 is 12.4 Å². The number of aryl methyl sites for hydroxylation is 4. The Morgan fingerprint density at radius 3 is 1.28 bits per heavy atom. The topological polar surface area (TPSA) is 24.7 Å². The Morgan fingerprint density at radius 1 is 0.625 bits per heavy atom. The first kappa shape index (κ1) is 24.7. The number of aliphatic imine (C=N–C) groups is 2. The van der Waals surface area contributed by atoms with Crippen molar-refractivity contribution in [2.24, 2.45) is 9.98 Å². The van der Waals surface area contributed by atoms with E-state index in [0.29, 0.717) is 33.8 Å². The van der Waals surface area contributed by atoms with Gasteiger partial charge < -0.3 is 0 Å². The summed E-state index contributed by atoms with van der Waals surface area (Å²) in [5.74, 6) is 1.13. The summed E-state index contributed by atoms with van der Waals surface area (Å²) in [5.41, 5.74) is -0.659. The molecule has 1 saturated heterocycles. The number of nitrogens with zero attached hydrogens (tertiary/aromatic N) is 2. The molecule has 0 aromatic heterocycles. The van der Waals surface area contributed by atoms with Crippen LogP contribution >= 0.6 is 23.5 Å². The standard InChI is InChI=1S/C22H20F6N2S2/c1-11-7-13(3)17(15(9-11)21(23,24)25)29-19-20(32-6-5-31-19)30-18-14(4)8-12(2)10-16(18)22(26,27)28/h7-10H,5-6H2,1-4H3. The predicted octanol–water partition coefficient (Wildman–Crippen LogP) is 8.20. The molecule has 32 heavy (non-hydrogen) atoms. The molecule has 10 heteroatoms. The Kier molecular flexibility index (Phi) is 7.05. The van der Waals surface area contributed by atoms with Crippen molar-refractivity contribution in [3.63, 3.8) is 0 Å². The molecule has 3 rings (SSSR count). The fraction of sp³-hybridized carbons (Fsp3) is 0.364. The molecule has 0 radical (unpaired) electrons. The molecule has 0 atom stereocenters. The lowest BCUT2D eigenvalue weighted by Gasteiger charge is -2.19.